The number of alkyl halides is 3. The van der Waals surface area contributed by atoms with Gasteiger partial charge in [-0.2, -0.15) is 18.4 Å². The van der Waals surface area contributed by atoms with Gasteiger partial charge >= 0.3 is 6.18 Å². The molecule has 2 rings (SSSR count). The van der Waals surface area contributed by atoms with E-state index in [9.17, 15) is 22.4 Å². The van der Waals surface area contributed by atoms with Crippen LogP contribution in [0.1, 0.15) is 17.5 Å². The van der Waals surface area contributed by atoms with Crippen LogP contribution in [0.3, 0.4) is 0 Å². The van der Waals surface area contributed by atoms with Gasteiger partial charge in [0.25, 0.3) is 0 Å². The number of methoxy groups -OCH3 is 1. The highest BCUT2D eigenvalue weighted by Crippen LogP contribution is 2.25. The Morgan fingerprint density at radius 2 is 1.89 bits per heavy atom. The fraction of sp³-hybridized carbons (Fsp3) is 0.263. The lowest BCUT2D eigenvalue weighted by molar-refractivity contribution is -0.153. The third-order valence-corrected chi connectivity index (χ3v) is 3.63. The van der Waals surface area contributed by atoms with Crippen molar-refractivity contribution in [3.05, 3.63) is 53.3 Å². The molecule has 0 aliphatic rings. The van der Waals surface area contributed by atoms with Crippen LogP contribution in [-0.4, -0.2) is 25.8 Å². The Hall–Kier alpha value is -3.28. The second-order valence-corrected chi connectivity index (χ2v) is 5.74. The Balaban J connectivity index is 1.96. The first-order valence-electron chi connectivity index (χ1n) is 8.08. The van der Waals surface area contributed by atoms with E-state index in [0.717, 1.165) is 0 Å². The summed E-state index contributed by atoms with van der Waals surface area (Å²) in [6.45, 7) is -1.52. The van der Waals surface area contributed by atoms with Crippen LogP contribution in [0.4, 0.5) is 23.2 Å². The van der Waals surface area contributed by atoms with Gasteiger partial charge in [-0.15, -0.1) is 0 Å². The van der Waals surface area contributed by atoms with Crippen LogP contribution in [0.5, 0.6) is 11.5 Å². The van der Waals surface area contributed by atoms with Crippen molar-refractivity contribution in [2.75, 3.05) is 19.0 Å². The van der Waals surface area contributed by atoms with E-state index in [1.807, 2.05) is 0 Å². The molecular formula is C19H16F4N2O3. The number of rotatable bonds is 7. The number of aryl methyl sites for hydroxylation is 1. The number of ether oxygens (including phenoxy) is 2. The standard InChI is InChI=1S/C19H16F4N2O3/c1-27-17-5-2-12(8-15(17)20)3-7-18(26)25-14-4-6-16(13(9-14)10-24)28-11-19(21,22)23/h2,4-6,8-9H,3,7,11H2,1H3,(H,25,26). The molecule has 0 fully saturated rings. The monoisotopic (exact) mass is 396 g/mol. The average Bonchev–Trinajstić information content (AvgIpc) is 2.64. The van der Waals surface area contributed by atoms with E-state index in [0.29, 0.717) is 5.56 Å². The van der Waals surface area contributed by atoms with E-state index in [4.69, 9.17) is 10.00 Å². The van der Waals surface area contributed by atoms with Crippen molar-refractivity contribution >= 4 is 11.6 Å². The quantitative estimate of drug-likeness (QED) is 0.712. The lowest BCUT2D eigenvalue weighted by Crippen LogP contribution is -2.19. The molecule has 2 aromatic rings. The van der Waals surface area contributed by atoms with E-state index in [2.05, 4.69) is 10.1 Å². The van der Waals surface area contributed by atoms with Crippen LogP contribution in [0.15, 0.2) is 36.4 Å². The van der Waals surface area contributed by atoms with Crippen LogP contribution in [0, 0.1) is 17.1 Å². The fourth-order valence-electron chi connectivity index (χ4n) is 2.33. The molecule has 28 heavy (non-hydrogen) atoms. The minimum Gasteiger partial charge on any atom is -0.494 e. The van der Waals surface area contributed by atoms with Crippen molar-refractivity contribution in [1.82, 2.24) is 0 Å². The van der Waals surface area contributed by atoms with Crippen molar-refractivity contribution < 1.29 is 31.8 Å². The molecule has 0 unspecified atom stereocenters. The van der Waals surface area contributed by atoms with Crippen LogP contribution >= 0.6 is 0 Å². The molecule has 0 spiro atoms. The van der Waals surface area contributed by atoms with Crippen LogP contribution in [0.25, 0.3) is 0 Å². The van der Waals surface area contributed by atoms with Crippen molar-refractivity contribution in [3.8, 4) is 17.6 Å². The van der Waals surface area contributed by atoms with Gasteiger partial charge in [0.05, 0.1) is 12.7 Å². The molecule has 0 aliphatic heterocycles. The molecule has 2 aromatic carbocycles. The van der Waals surface area contributed by atoms with E-state index in [1.165, 1.54) is 37.4 Å². The maximum Gasteiger partial charge on any atom is 0.422 e. The zero-order valence-corrected chi connectivity index (χ0v) is 14.8. The first kappa shape index (κ1) is 21.0. The van der Waals surface area contributed by atoms with Gasteiger partial charge in [-0.1, -0.05) is 6.07 Å². The number of hydrogen-bond donors (Lipinski definition) is 1. The molecule has 5 nitrogen and oxygen atoms in total. The summed E-state index contributed by atoms with van der Waals surface area (Å²) in [5.41, 5.74) is 0.697. The van der Waals surface area contributed by atoms with Crippen LogP contribution in [0.2, 0.25) is 0 Å². The Labute approximate surface area is 158 Å². The normalized spacial score (nSPS) is 10.9. The van der Waals surface area contributed by atoms with Gasteiger partial charge in [0.15, 0.2) is 18.2 Å². The first-order valence-corrected chi connectivity index (χ1v) is 8.08. The second kappa shape index (κ2) is 9.08. The summed E-state index contributed by atoms with van der Waals surface area (Å²) in [6, 6.07) is 9.82. The van der Waals surface area contributed by atoms with E-state index in [1.54, 1.807) is 12.1 Å². The summed E-state index contributed by atoms with van der Waals surface area (Å²) < 4.78 is 59.7. The van der Waals surface area contributed by atoms with Crippen molar-refractivity contribution in [3.63, 3.8) is 0 Å². The molecule has 0 aliphatic carbocycles. The Morgan fingerprint density at radius 3 is 2.50 bits per heavy atom. The molecule has 0 saturated carbocycles. The molecule has 1 amide bonds. The third-order valence-electron chi connectivity index (χ3n) is 3.63. The van der Waals surface area contributed by atoms with Crippen LogP contribution in [-0.2, 0) is 11.2 Å². The average molecular weight is 396 g/mol. The zero-order chi connectivity index (χ0) is 20.7. The summed E-state index contributed by atoms with van der Waals surface area (Å²) in [5.74, 6) is -1.06. The largest absolute Gasteiger partial charge is 0.494 e. The number of anilines is 1. The van der Waals surface area contributed by atoms with Gasteiger partial charge in [-0.25, -0.2) is 4.39 Å². The topological polar surface area (TPSA) is 71.3 Å². The SMILES string of the molecule is COc1ccc(CCC(=O)Nc2ccc(OCC(F)(F)F)c(C#N)c2)cc1F. The smallest absolute Gasteiger partial charge is 0.422 e. The maximum atomic E-state index is 13.6. The van der Waals surface area contributed by atoms with Gasteiger partial charge < -0.3 is 14.8 Å². The highest BCUT2D eigenvalue weighted by atomic mass is 19.4. The lowest BCUT2D eigenvalue weighted by Gasteiger charge is -2.12. The number of nitriles is 1. The Kier molecular flexibility index (Phi) is 6.82. The van der Waals surface area contributed by atoms with Crippen LogP contribution < -0.4 is 14.8 Å². The predicted molar refractivity (Wildman–Crippen MR) is 92.6 cm³/mol. The molecule has 0 atom stereocenters. The lowest BCUT2D eigenvalue weighted by atomic mass is 10.1. The van der Waals surface area contributed by atoms with E-state index >= 15 is 0 Å². The van der Waals surface area contributed by atoms with Crippen molar-refractivity contribution in [2.45, 2.75) is 19.0 Å². The highest BCUT2D eigenvalue weighted by Gasteiger charge is 2.28. The van der Waals surface area contributed by atoms with Gasteiger partial charge in [0.2, 0.25) is 5.91 Å². The second-order valence-electron chi connectivity index (χ2n) is 5.74. The minimum atomic E-state index is -4.53. The Morgan fingerprint density at radius 1 is 1.18 bits per heavy atom. The van der Waals surface area contributed by atoms with E-state index in [-0.39, 0.29) is 35.6 Å². The molecule has 0 saturated heterocycles. The number of halogens is 4. The van der Waals surface area contributed by atoms with Gasteiger partial charge in [0.1, 0.15) is 11.8 Å². The Bertz CT molecular complexity index is 892. The molecule has 0 bridgehead atoms. The number of nitrogens with one attached hydrogen (secondary N) is 1. The molecule has 0 heterocycles. The fourth-order valence-corrected chi connectivity index (χ4v) is 2.33. The zero-order valence-electron chi connectivity index (χ0n) is 14.8. The predicted octanol–water partition coefficient (Wildman–Crippen LogP) is 4.22. The minimum absolute atomic E-state index is 0.0416. The van der Waals surface area contributed by atoms with Gasteiger partial charge in [-0.05, 0) is 42.3 Å². The molecule has 1 N–H and O–H groups in total. The molecule has 148 valence electrons. The summed E-state index contributed by atoms with van der Waals surface area (Å²) in [4.78, 5) is 12.0. The van der Waals surface area contributed by atoms with E-state index < -0.39 is 24.5 Å². The maximum absolute atomic E-state index is 13.6. The number of amides is 1. The van der Waals surface area contributed by atoms with Crippen molar-refractivity contribution in [1.29, 1.82) is 5.26 Å². The number of hydrogen-bond acceptors (Lipinski definition) is 4. The summed E-state index contributed by atoms with van der Waals surface area (Å²) >= 11 is 0. The molecule has 0 radical (unpaired) electrons. The van der Waals surface area contributed by atoms with Gasteiger partial charge in [0, 0.05) is 12.1 Å². The summed E-state index contributed by atoms with van der Waals surface area (Å²) in [5, 5.41) is 11.6. The third kappa shape index (κ3) is 6.16. The first-order chi connectivity index (χ1) is 13.2. The molecular weight excluding hydrogens is 380 g/mol. The summed E-state index contributed by atoms with van der Waals surface area (Å²) in [7, 11) is 1.35. The number of nitrogens with zero attached hydrogens (tertiary/aromatic N) is 1. The molecule has 0 aromatic heterocycles. The number of carbonyl (C=O) groups excluding carboxylic acids is 1. The summed E-state index contributed by atoms with van der Waals surface area (Å²) in [6.07, 6.45) is -4.22. The van der Waals surface area contributed by atoms with Gasteiger partial charge in [-0.3, -0.25) is 4.79 Å². The highest BCUT2D eigenvalue weighted by molar-refractivity contribution is 5.91. The van der Waals surface area contributed by atoms with Crippen molar-refractivity contribution in [2.24, 2.45) is 0 Å². The number of benzene rings is 2. The number of carbonyl (C=O) groups is 1. The molecule has 9 heteroatoms.